The standard InChI is InChI=1S/C10H20N2O4S/c1-7(9(13)16-3)17(14,15)12-10(2,6-11)8-4-5-8/h7-8,12H,4-6,11H2,1-3H3. The topological polar surface area (TPSA) is 98.5 Å². The highest BCUT2D eigenvalue weighted by atomic mass is 32.2. The summed E-state index contributed by atoms with van der Waals surface area (Å²) < 4.78 is 30.9. The van der Waals surface area contributed by atoms with Gasteiger partial charge in [-0.1, -0.05) is 0 Å². The fraction of sp³-hybridized carbons (Fsp3) is 0.900. The van der Waals surface area contributed by atoms with Crippen LogP contribution in [0.5, 0.6) is 0 Å². The number of methoxy groups -OCH3 is 1. The molecule has 3 N–H and O–H groups in total. The van der Waals surface area contributed by atoms with Crippen LogP contribution in [-0.4, -0.2) is 38.8 Å². The number of hydrogen-bond acceptors (Lipinski definition) is 5. The second-order valence-electron chi connectivity index (χ2n) is 4.71. The van der Waals surface area contributed by atoms with Crippen molar-refractivity contribution in [2.24, 2.45) is 11.7 Å². The number of hydrogen-bond donors (Lipinski definition) is 2. The van der Waals surface area contributed by atoms with Gasteiger partial charge in [-0.25, -0.2) is 13.1 Å². The van der Waals surface area contributed by atoms with Crippen LogP contribution in [0.4, 0.5) is 0 Å². The average molecular weight is 264 g/mol. The molecule has 1 saturated carbocycles. The summed E-state index contributed by atoms with van der Waals surface area (Å²) in [4.78, 5) is 11.2. The van der Waals surface area contributed by atoms with Crippen LogP contribution in [-0.2, 0) is 19.6 Å². The third kappa shape index (κ3) is 3.17. The molecule has 0 aromatic heterocycles. The summed E-state index contributed by atoms with van der Waals surface area (Å²) >= 11 is 0. The number of rotatable bonds is 6. The molecule has 0 radical (unpaired) electrons. The Bertz CT molecular complexity index is 391. The van der Waals surface area contributed by atoms with Crippen LogP contribution in [0.2, 0.25) is 0 Å². The molecule has 7 heteroatoms. The minimum atomic E-state index is -3.75. The minimum absolute atomic E-state index is 0.213. The van der Waals surface area contributed by atoms with Gasteiger partial charge in [0.2, 0.25) is 10.0 Å². The average Bonchev–Trinajstić information content (AvgIpc) is 3.10. The zero-order valence-corrected chi connectivity index (χ0v) is 11.2. The van der Waals surface area contributed by atoms with Gasteiger partial charge in [0.15, 0.2) is 5.25 Å². The van der Waals surface area contributed by atoms with Gasteiger partial charge in [0.1, 0.15) is 0 Å². The Morgan fingerprint density at radius 2 is 2.12 bits per heavy atom. The van der Waals surface area contributed by atoms with E-state index < -0.39 is 26.8 Å². The maximum Gasteiger partial charge on any atom is 0.325 e. The number of carbonyl (C=O) groups excluding carboxylic acids is 1. The lowest BCUT2D eigenvalue weighted by Gasteiger charge is -2.30. The van der Waals surface area contributed by atoms with E-state index in [1.807, 2.05) is 0 Å². The molecular formula is C10H20N2O4S. The van der Waals surface area contributed by atoms with Crippen molar-refractivity contribution in [3.05, 3.63) is 0 Å². The van der Waals surface area contributed by atoms with Crippen molar-refractivity contribution >= 4 is 16.0 Å². The predicted octanol–water partition coefficient (Wildman–Crippen LogP) is -0.405. The summed E-state index contributed by atoms with van der Waals surface area (Å²) in [6, 6.07) is 0. The second kappa shape index (κ2) is 4.91. The van der Waals surface area contributed by atoms with Gasteiger partial charge >= 0.3 is 5.97 Å². The molecule has 1 aliphatic carbocycles. The Kier molecular flexibility index (Phi) is 4.16. The Morgan fingerprint density at radius 1 is 1.59 bits per heavy atom. The molecule has 0 aromatic carbocycles. The molecule has 100 valence electrons. The van der Waals surface area contributed by atoms with E-state index in [0.717, 1.165) is 20.0 Å². The van der Waals surface area contributed by atoms with E-state index in [0.29, 0.717) is 0 Å². The number of esters is 1. The molecule has 0 saturated heterocycles. The van der Waals surface area contributed by atoms with Crippen molar-refractivity contribution in [3.63, 3.8) is 0 Å². The third-order valence-electron chi connectivity index (χ3n) is 3.28. The van der Waals surface area contributed by atoms with E-state index in [9.17, 15) is 13.2 Å². The van der Waals surface area contributed by atoms with Gasteiger partial charge in [-0.05, 0) is 32.6 Å². The summed E-state index contributed by atoms with van der Waals surface area (Å²) in [6.07, 6.45) is 1.92. The molecule has 0 aromatic rings. The molecule has 0 amide bonds. The first-order valence-electron chi connectivity index (χ1n) is 5.57. The van der Waals surface area contributed by atoms with Crippen molar-refractivity contribution < 1.29 is 17.9 Å². The van der Waals surface area contributed by atoms with Gasteiger partial charge in [0, 0.05) is 12.1 Å². The van der Waals surface area contributed by atoms with Crippen molar-refractivity contribution in [2.75, 3.05) is 13.7 Å². The van der Waals surface area contributed by atoms with E-state index in [4.69, 9.17) is 5.73 Å². The molecule has 0 aliphatic heterocycles. The first-order valence-corrected chi connectivity index (χ1v) is 7.12. The zero-order chi connectivity index (χ0) is 13.3. The lowest BCUT2D eigenvalue weighted by molar-refractivity contribution is -0.139. The quantitative estimate of drug-likeness (QED) is 0.636. The smallest absolute Gasteiger partial charge is 0.325 e. The molecule has 2 atom stereocenters. The Balaban J connectivity index is 2.81. The van der Waals surface area contributed by atoms with Gasteiger partial charge in [0.25, 0.3) is 0 Å². The minimum Gasteiger partial charge on any atom is -0.468 e. The first kappa shape index (κ1) is 14.4. The molecule has 0 heterocycles. The van der Waals surface area contributed by atoms with Crippen LogP contribution < -0.4 is 10.5 Å². The van der Waals surface area contributed by atoms with Gasteiger partial charge in [0.05, 0.1) is 7.11 Å². The molecule has 0 spiro atoms. The SMILES string of the molecule is COC(=O)C(C)S(=O)(=O)NC(C)(CN)C1CC1. The van der Waals surface area contributed by atoms with Crippen LogP contribution in [0.1, 0.15) is 26.7 Å². The van der Waals surface area contributed by atoms with Crippen molar-refractivity contribution in [1.29, 1.82) is 0 Å². The summed E-state index contributed by atoms with van der Waals surface area (Å²) in [5.74, 6) is -0.514. The van der Waals surface area contributed by atoms with E-state index in [1.54, 1.807) is 6.92 Å². The molecule has 17 heavy (non-hydrogen) atoms. The maximum absolute atomic E-state index is 12.0. The van der Waals surface area contributed by atoms with Crippen molar-refractivity contribution in [3.8, 4) is 0 Å². The Labute approximate surface area is 102 Å². The number of sulfonamides is 1. The highest BCUT2D eigenvalue weighted by Crippen LogP contribution is 2.39. The van der Waals surface area contributed by atoms with Crippen LogP contribution in [0.15, 0.2) is 0 Å². The highest BCUT2D eigenvalue weighted by Gasteiger charge is 2.45. The molecule has 1 aliphatic rings. The monoisotopic (exact) mass is 264 g/mol. The van der Waals surface area contributed by atoms with E-state index in [2.05, 4.69) is 9.46 Å². The van der Waals surface area contributed by atoms with Gasteiger partial charge < -0.3 is 10.5 Å². The Hall–Kier alpha value is -0.660. The fourth-order valence-corrected chi connectivity index (χ4v) is 3.14. The van der Waals surface area contributed by atoms with Crippen LogP contribution >= 0.6 is 0 Å². The number of ether oxygens (including phenoxy) is 1. The second-order valence-corrected chi connectivity index (χ2v) is 6.71. The number of nitrogens with two attached hydrogens (primary N) is 1. The van der Waals surface area contributed by atoms with Crippen LogP contribution in [0.3, 0.4) is 0 Å². The van der Waals surface area contributed by atoms with Crippen LogP contribution in [0.25, 0.3) is 0 Å². The molecule has 6 nitrogen and oxygen atoms in total. The lowest BCUT2D eigenvalue weighted by Crippen LogP contribution is -2.56. The first-order chi connectivity index (χ1) is 7.77. The Morgan fingerprint density at radius 3 is 2.47 bits per heavy atom. The van der Waals surface area contributed by atoms with E-state index in [1.165, 1.54) is 6.92 Å². The largest absolute Gasteiger partial charge is 0.468 e. The van der Waals surface area contributed by atoms with Gasteiger partial charge in [-0.3, -0.25) is 4.79 Å². The summed E-state index contributed by atoms with van der Waals surface area (Å²) in [7, 11) is -2.59. The molecule has 1 fully saturated rings. The van der Waals surface area contributed by atoms with Crippen LogP contribution in [0, 0.1) is 5.92 Å². The third-order valence-corrected chi connectivity index (χ3v) is 5.15. The van der Waals surface area contributed by atoms with Crippen molar-refractivity contribution in [2.45, 2.75) is 37.5 Å². The summed E-state index contributed by atoms with van der Waals surface area (Å²) in [5.41, 5.74) is 4.96. The highest BCUT2D eigenvalue weighted by molar-refractivity contribution is 7.90. The molecule has 1 rings (SSSR count). The van der Waals surface area contributed by atoms with Crippen molar-refractivity contribution in [1.82, 2.24) is 4.72 Å². The van der Waals surface area contributed by atoms with Gasteiger partial charge in [-0.2, -0.15) is 0 Å². The molecular weight excluding hydrogens is 244 g/mol. The summed E-state index contributed by atoms with van der Waals surface area (Å²) in [6.45, 7) is 3.29. The maximum atomic E-state index is 12.0. The lowest BCUT2D eigenvalue weighted by atomic mass is 9.98. The summed E-state index contributed by atoms with van der Waals surface area (Å²) in [5, 5.41) is -1.22. The fourth-order valence-electron chi connectivity index (χ4n) is 1.72. The zero-order valence-electron chi connectivity index (χ0n) is 10.4. The number of carbonyl (C=O) groups is 1. The normalized spacial score (nSPS) is 21.6. The van der Waals surface area contributed by atoms with Gasteiger partial charge in [-0.15, -0.1) is 0 Å². The predicted molar refractivity (Wildman–Crippen MR) is 63.7 cm³/mol. The number of nitrogens with one attached hydrogen (secondary N) is 1. The molecule has 2 unspecified atom stereocenters. The van der Waals surface area contributed by atoms with E-state index in [-0.39, 0.29) is 12.5 Å². The van der Waals surface area contributed by atoms with E-state index >= 15 is 0 Å². The molecule has 0 bridgehead atoms.